The third-order valence-corrected chi connectivity index (χ3v) is 5.66. The number of ether oxygens (including phenoxy) is 3. The lowest BCUT2D eigenvalue weighted by molar-refractivity contribution is -0.152. The van der Waals surface area contributed by atoms with E-state index in [-0.39, 0.29) is 12.1 Å². The van der Waals surface area contributed by atoms with E-state index in [0.717, 1.165) is 42.6 Å². The third kappa shape index (κ3) is 3.46. The van der Waals surface area contributed by atoms with Crippen molar-refractivity contribution in [3.63, 3.8) is 0 Å². The number of epoxide rings is 1. The van der Waals surface area contributed by atoms with Crippen LogP contribution >= 0.6 is 0 Å². The molecular weight excluding hydrogens is 340 g/mol. The summed E-state index contributed by atoms with van der Waals surface area (Å²) in [4.78, 5) is 12.9. The van der Waals surface area contributed by atoms with E-state index < -0.39 is 11.7 Å². The summed E-state index contributed by atoms with van der Waals surface area (Å²) in [5.41, 5.74) is 2.32. The highest BCUT2D eigenvalue weighted by atomic mass is 16.7. The first-order valence-corrected chi connectivity index (χ1v) is 9.73. The molecule has 1 saturated carbocycles. The molecule has 4 heteroatoms. The smallest absolute Gasteiger partial charge is 0.339 e. The summed E-state index contributed by atoms with van der Waals surface area (Å²) in [6, 6.07) is 15.9. The van der Waals surface area contributed by atoms with Crippen molar-refractivity contribution in [3.8, 4) is 5.75 Å². The third-order valence-electron chi connectivity index (χ3n) is 5.66. The molecule has 0 aromatic heterocycles. The standard InChI is InChI=1S/C23H26O4/c1-16-8-10-17(11-9-16)23(18-12-14-19(25-2)15-13-18)21(27-23)22(24)26-20-6-4-3-5-7-20/h8-15,20-21H,3-7H2,1-2H3. The Balaban J connectivity index is 1.61. The monoisotopic (exact) mass is 366 g/mol. The Hall–Kier alpha value is -2.33. The van der Waals surface area contributed by atoms with Gasteiger partial charge in [0, 0.05) is 0 Å². The maximum atomic E-state index is 12.9. The Bertz CT molecular complexity index is 790. The summed E-state index contributed by atoms with van der Waals surface area (Å²) in [5, 5.41) is 0. The molecule has 0 spiro atoms. The average Bonchev–Trinajstić information content (AvgIpc) is 3.46. The zero-order chi connectivity index (χ0) is 18.9. The predicted octanol–water partition coefficient (Wildman–Crippen LogP) is 4.52. The molecule has 1 aliphatic carbocycles. The normalized spacial score (nSPS) is 25.0. The highest BCUT2D eigenvalue weighted by Crippen LogP contribution is 2.52. The number of carbonyl (C=O) groups excluding carboxylic acids is 1. The molecule has 2 unspecified atom stereocenters. The predicted molar refractivity (Wildman–Crippen MR) is 103 cm³/mol. The van der Waals surface area contributed by atoms with Gasteiger partial charge < -0.3 is 14.2 Å². The SMILES string of the molecule is COc1ccc(C2(c3ccc(C)cc3)OC2C(=O)OC2CCCCC2)cc1. The Morgan fingerprint density at radius 2 is 1.56 bits per heavy atom. The van der Waals surface area contributed by atoms with Crippen molar-refractivity contribution in [3.05, 3.63) is 65.2 Å². The van der Waals surface area contributed by atoms with Gasteiger partial charge in [0.05, 0.1) is 7.11 Å². The lowest BCUT2D eigenvalue weighted by Crippen LogP contribution is -2.27. The first-order chi connectivity index (χ1) is 13.1. The summed E-state index contributed by atoms with van der Waals surface area (Å²) in [5.74, 6) is 0.526. The molecule has 4 nitrogen and oxygen atoms in total. The number of methoxy groups -OCH3 is 1. The molecule has 2 aliphatic rings. The minimum absolute atomic E-state index is 0.0297. The minimum atomic E-state index is -0.772. The molecule has 1 saturated heterocycles. The highest BCUT2D eigenvalue weighted by molar-refractivity contribution is 5.82. The van der Waals surface area contributed by atoms with Gasteiger partial charge in [-0.3, -0.25) is 0 Å². The summed E-state index contributed by atoms with van der Waals surface area (Å²) in [7, 11) is 1.64. The van der Waals surface area contributed by atoms with Gasteiger partial charge in [0.15, 0.2) is 11.7 Å². The van der Waals surface area contributed by atoms with Gasteiger partial charge in [-0.1, -0.05) is 48.4 Å². The second-order valence-corrected chi connectivity index (χ2v) is 7.52. The van der Waals surface area contributed by atoms with Crippen molar-refractivity contribution < 1.29 is 19.0 Å². The molecule has 142 valence electrons. The molecule has 4 rings (SSSR count). The maximum absolute atomic E-state index is 12.9. The summed E-state index contributed by atoms with van der Waals surface area (Å²) >= 11 is 0. The average molecular weight is 366 g/mol. The van der Waals surface area contributed by atoms with Crippen LogP contribution in [0.4, 0.5) is 0 Å². The summed E-state index contributed by atoms with van der Waals surface area (Å²) in [6.07, 6.45) is 4.83. The topological polar surface area (TPSA) is 48.1 Å². The Morgan fingerprint density at radius 3 is 2.15 bits per heavy atom. The fraction of sp³-hybridized carbons (Fsp3) is 0.435. The minimum Gasteiger partial charge on any atom is -0.497 e. The zero-order valence-electron chi connectivity index (χ0n) is 15.9. The Morgan fingerprint density at radius 1 is 0.963 bits per heavy atom. The fourth-order valence-electron chi connectivity index (χ4n) is 4.02. The highest BCUT2D eigenvalue weighted by Gasteiger charge is 2.64. The van der Waals surface area contributed by atoms with Crippen molar-refractivity contribution in [2.75, 3.05) is 7.11 Å². The van der Waals surface area contributed by atoms with Gasteiger partial charge in [0.2, 0.25) is 0 Å². The van der Waals surface area contributed by atoms with Crippen LogP contribution in [0.5, 0.6) is 5.75 Å². The number of hydrogen-bond donors (Lipinski definition) is 0. The first-order valence-electron chi connectivity index (χ1n) is 9.73. The molecule has 0 N–H and O–H groups in total. The van der Waals surface area contributed by atoms with E-state index >= 15 is 0 Å². The Kier molecular flexibility index (Phi) is 4.92. The molecule has 0 radical (unpaired) electrons. The van der Waals surface area contributed by atoms with E-state index in [1.165, 1.54) is 12.0 Å². The molecule has 0 amide bonds. The van der Waals surface area contributed by atoms with Crippen molar-refractivity contribution in [1.29, 1.82) is 0 Å². The van der Waals surface area contributed by atoms with Crippen LogP contribution in [0.2, 0.25) is 0 Å². The van der Waals surface area contributed by atoms with Crippen LogP contribution < -0.4 is 4.74 Å². The van der Waals surface area contributed by atoms with Crippen LogP contribution in [0.3, 0.4) is 0 Å². The molecule has 2 aromatic carbocycles. The number of esters is 1. The lowest BCUT2D eigenvalue weighted by atomic mass is 9.87. The van der Waals surface area contributed by atoms with E-state index in [2.05, 4.69) is 0 Å². The number of benzene rings is 2. The van der Waals surface area contributed by atoms with Crippen LogP contribution in [0.25, 0.3) is 0 Å². The second-order valence-electron chi connectivity index (χ2n) is 7.52. The number of hydrogen-bond acceptors (Lipinski definition) is 4. The summed E-state index contributed by atoms with van der Waals surface area (Å²) < 4.78 is 17.1. The molecule has 2 atom stereocenters. The van der Waals surface area contributed by atoms with E-state index in [1.807, 2.05) is 55.5 Å². The van der Waals surface area contributed by atoms with Crippen molar-refractivity contribution >= 4 is 5.97 Å². The summed E-state index contributed by atoms with van der Waals surface area (Å²) in [6.45, 7) is 2.05. The molecule has 0 bridgehead atoms. The van der Waals surface area contributed by atoms with Crippen molar-refractivity contribution in [1.82, 2.24) is 0 Å². The van der Waals surface area contributed by atoms with Gasteiger partial charge in [-0.25, -0.2) is 4.79 Å². The fourth-order valence-corrected chi connectivity index (χ4v) is 4.02. The second kappa shape index (κ2) is 7.35. The van der Waals surface area contributed by atoms with E-state index in [4.69, 9.17) is 14.2 Å². The van der Waals surface area contributed by atoms with E-state index in [9.17, 15) is 4.79 Å². The number of carbonyl (C=O) groups is 1. The van der Waals surface area contributed by atoms with Gasteiger partial charge >= 0.3 is 5.97 Å². The number of aryl methyl sites for hydroxylation is 1. The molecule has 1 heterocycles. The Labute approximate surface area is 160 Å². The molecule has 2 fully saturated rings. The van der Waals surface area contributed by atoms with Crippen molar-refractivity contribution in [2.45, 2.75) is 56.8 Å². The van der Waals surface area contributed by atoms with Gasteiger partial charge in [-0.2, -0.15) is 0 Å². The number of rotatable bonds is 5. The van der Waals surface area contributed by atoms with Crippen molar-refractivity contribution in [2.24, 2.45) is 0 Å². The lowest BCUT2D eigenvalue weighted by Gasteiger charge is -2.22. The molecule has 27 heavy (non-hydrogen) atoms. The quantitative estimate of drug-likeness (QED) is 0.576. The van der Waals surface area contributed by atoms with Gasteiger partial charge in [-0.15, -0.1) is 0 Å². The zero-order valence-corrected chi connectivity index (χ0v) is 15.9. The van der Waals surface area contributed by atoms with Gasteiger partial charge in [-0.05, 0) is 55.9 Å². The van der Waals surface area contributed by atoms with E-state index in [0.29, 0.717) is 0 Å². The molecular formula is C23H26O4. The van der Waals surface area contributed by atoms with Crippen LogP contribution in [0.15, 0.2) is 48.5 Å². The van der Waals surface area contributed by atoms with Gasteiger partial charge in [0.1, 0.15) is 11.9 Å². The molecule has 1 aliphatic heterocycles. The van der Waals surface area contributed by atoms with Crippen LogP contribution in [-0.4, -0.2) is 25.3 Å². The van der Waals surface area contributed by atoms with Crippen LogP contribution in [0, 0.1) is 6.92 Å². The van der Waals surface area contributed by atoms with Crippen LogP contribution in [-0.2, 0) is 19.9 Å². The first kappa shape index (κ1) is 18.1. The van der Waals surface area contributed by atoms with Crippen LogP contribution in [0.1, 0.15) is 48.8 Å². The molecule has 2 aromatic rings. The largest absolute Gasteiger partial charge is 0.497 e. The van der Waals surface area contributed by atoms with Gasteiger partial charge in [0.25, 0.3) is 0 Å². The van der Waals surface area contributed by atoms with E-state index in [1.54, 1.807) is 7.11 Å². The maximum Gasteiger partial charge on any atom is 0.339 e.